The number of hydrogen-bond acceptors (Lipinski definition) is 3. The number of amides is 2. The maximum Gasteiger partial charge on any atom is 0.254 e. The molecule has 0 aromatic heterocycles. The first kappa shape index (κ1) is 18.2. The van der Waals surface area contributed by atoms with Gasteiger partial charge in [0.05, 0.1) is 0 Å². The van der Waals surface area contributed by atoms with Gasteiger partial charge in [-0.3, -0.25) is 9.59 Å². The maximum atomic E-state index is 12.5. The van der Waals surface area contributed by atoms with Crippen LogP contribution in [0, 0.1) is 6.92 Å². The maximum absolute atomic E-state index is 12.5. The van der Waals surface area contributed by atoms with E-state index >= 15 is 0 Å². The molecule has 0 unspecified atom stereocenters. The van der Waals surface area contributed by atoms with Crippen LogP contribution in [0.15, 0.2) is 18.2 Å². The third kappa shape index (κ3) is 4.56. The number of benzene rings is 1. The molecule has 1 N–H and O–H groups in total. The van der Waals surface area contributed by atoms with Gasteiger partial charge in [0.25, 0.3) is 11.8 Å². The van der Waals surface area contributed by atoms with Crippen LogP contribution in [0.3, 0.4) is 0 Å². The minimum absolute atomic E-state index is 0.0542. The first-order valence-electron chi connectivity index (χ1n) is 7.58. The molecule has 0 aliphatic carbocycles. The Kier molecular flexibility index (Phi) is 6.56. The third-order valence-corrected chi connectivity index (χ3v) is 3.62. The van der Waals surface area contributed by atoms with Gasteiger partial charge in [-0.1, -0.05) is 6.07 Å². The minimum Gasteiger partial charge on any atom is -0.369 e. The van der Waals surface area contributed by atoms with Crippen LogP contribution in [0.5, 0.6) is 0 Å². The number of ether oxygens (including phenoxy) is 1. The summed E-state index contributed by atoms with van der Waals surface area (Å²) in [6, 6.07) is 5.45. The Balaban J connectivity index is 2.95. The Labute approximate surface area is 132 Å². The number of hydrogen-bond donors (Lipinski definition) is 1. The summed E-state index contributed by atoms with van der Waals surface area (Å²) in [7, 11) is 1.77. The van der Waals surface area contributed by atoms with Gasteiger partial charge in [-0.25, -0.2) is 0 Å². The van der Waals surface area contributed by atoms with Crippen LogP contribution in [-0.2, 0) is 9.53 Å². The number of anilines is 1. The van der Waals surface area contributed by atoms with E-state index in [4.69, 9.17) is 4.74 Å². The molecular formula is C17H26N2O3. The zero-order valence-electron chi connectivity index (χ0n) is 14.3. The summed E-state index contributed by atoms with van der Waals surface area (Å²) in [4.78, 5) is 26.1. The molecule has 0 saturated heterocycles. The van der Waals surface area contributed by atoms with Gasteiger partial charge in [-0.15, -0.1) is 0 Å². The number of rotatable bonds is 6. The van der Waals surface area contributed by atoms with Gasteiger partial charge in [0.15, 0.2) is 0 Å². The standard InChI is InChI=1S/C17H26N2O3/c1-7-22-13(5)16(20)18-14-9-8-12(4)15(10-14)17(21)19(6)11(2)3/h8-11,13H,7H2,1-6H3,(H,18,20)/t13-/m1/s1. The van der Waals surface area contributed by atoms with Gasteiger partial charge < -0.3 is 15.0 Å². The number of nitrogens with zero attached hydrogens (tertiary/aromatic N) is 1. The molecular weight excluding hydrogens is 280 g/mol. The number of aryl methyl sites for hydroxylation is 1. The Morgan fingerprint density at radius 3 is 2.45 bits per heavy atom. The molecule has 0 aliphatic heterocycles. The van der Waals surface area contributed by atoms with Crippen molar-refractivity contribution in [2.24, 2.45) is 0 Å². The molecule has 0 heterocycles. The topological polar surface area (TPSA) is 58.6 Å². The van der Waals surface area contributed by atoms with E-state index in [1.807, 2.05) is 33.8 Å². The fourth-order valence-corrected chi connectivity index (χ4v) is 1.92. The predicted molar refractivity (Wildman–Crippen MR) is 88.1 cm³/mol. The highest BCUT2D eigenvalue weighted by Gasteiger charge is 2.18. The van der Waals surface area contributed by atoms with E-state index < -0.39 is 6.10 Å². The van der Waals surface area contributed by atoms with E-state index in [0.29, 0.717) is 17.9 Å². The lowest BCUT2D eigenvalue weighted by atomic mass is 10.1. The van der Waals surface area contributed by atoms with E-state index in [-0.39, 0.29) is 17.9 Å². The zero-order valence-corrected chi connectivity index (χ0v) is 14.3. The highest BCUT2D eigenvalue weighted by Crippen LogP contribution is 2.18. The van der Waals surface area contributed by atoms with Crippen molar-refractivity contribution >= 4 is 17.5 Å². The van der Waals surface area contributed by atoms with E-state index in [0.717, 1.165) is 5.56 Å². The van der Waals surface area contributed by atoms with Gasteiger partial charge in [0, 0.05) is 30.9 Å². The molecule has 1 atom stereocenters. The number of carbonyl (C=O) groups excluding carboxylic acids is 2. The summed E-state index contributed by atoms with van der Waals surface area (Å²) in [6.45, 7) is 9.83. The summed E-state index contributed by atoms with van der Waals surface area (Å²) in [5.41, 5.74) is 2.08. The smallest absolute Gasteiger partial charge is 0.254 e. The summed E-state index contributed by atoms with van der Waals surface area (Å²) in [5.74, 6) is -0.275. The normalized spacial score (nSPS) is 12.1. The Hall–Kier alpha value is -1.88. The van der Waals surface area contributed by atoms with Crippen LogP contribution in [0.2, 0.25) is 0 Å². The van der Waals surface area contributed by atoms with Crippen molar-refractivity contribution in [1.29, 1.82) is 0 Å². The SMILES string of the molecule is CCO[C@H](C)C(=O)Nc1ccc(C)c(C(=O)N(C)C(C)C)c1. The quantitative estimate of drug-likeness (QED) is 0.879. The molecule has 1 rings (SSSR count). The van der Waals surface area contributed by atoms with Crippen LogP contribution in [0.25, 0.3) is 0 Å². The molecule has 0 radical (unpaired) electrons. The molecule has 22 heavy (non-hydrogen) atoms. The number of carbonyl (C=O) groups is 2. The van der Waals surface area contributed by atoms with Crippen molar-refractivity contribution in [3.05, 3.63) is 29.3 Å². The molecule has 0 fully saturated rings. The first-order chi connectivity index (χ1) is 10.3. The summed E-state index contributed by atoms with van der Waals surface area (Å²) in [5, 5.41) is 2.78. The third-order valence-electron chi connectivity index (χ3n) is 3.62. The predicted octanol–water partition coefficient (Wildman–Crippen LogP) is 2.84. The van der Waals surface area contributed by atoms with Gasteiger partial charge in [0.1, 0.15) is 6.10 Å². The second-order valence-electron chi connectivity index (χ2n) is 5.63. The largest absolute Gasteiger partial charge is 0.369 e. The molecule has 0 aliphatic rings. The lowest BCUT2D eigenvalue weighted by Gasteiger charge is -2.23. The highest BCUT2D eigenvalue weighted by molar-refractivity contribution is 5.99. The molecule has 122 valence electrons. The van der Waals surface area contributed by atoms with Crippen LogP contribution in [-0.4, -0.2) is 42.5 Å². The highest BCUT2D eigenvalue weighted by atomic mass is 16.5. The van der Waals surface area contributed by atoms with E-state index in [9.17, 15) is 9.59 Å². The molecule has 1 aromatic carbocycles. The molecule has 0 saturated carbocycles. The van der Waals surface area contributed by atoms with E-state index in [2.05, 4.69) is 5.32 Å². The molecule has 2 amide bonds. The van der Waals surface area contributed by atoms with Crippen molar-refractivity contribution in [3.8, 4) is 0 Å². The molecule has 0 bridgehead atoms. The Morgan fingerprint density at radius 1 is 1.27 bits per heavy atom. The second kappa shape index (κ2) is 7.94. The van der Waals surface area contributed by atoms with Gasteiger partial charge in [-0.05, 0) is 52.3 Å². The molecule has 1 aromatic rings. The van der Waals surface area contributed by atoms with Crippen molar-refractivity contribution < 1.29 is 14.3 Å². The average molecular weight is 306 g/mol. The zero-order chi connectivity index (χ0) is 16.9. The molecule has 5 nitrogen and oxygen atoms in total. The summed E-state index contributed by atoms with van der Waals surface area (Å²) >= 11 is 0. The summed E-state index contributed by atoms with van der Waals surface area (Å²) in [6.07, 6.45) is -0.524. The van der Waals surface area contributed by atoms with Crippen LogP contribution in [0.1, 0.15) is 43.6 Å². The van der Waals surface area contributed by atoms with Gasteiger partial charge in [-0.2, -0.15) is 0 Å². The van der Waals surface area contributed by atoms with Crippen LogP contribution < -0.4 is 5.32 Å². The second-order valence-corrected chi connectivity index (χ2v) is 5.63. The summed E-state index contributed by atoms with van der Waals surface area (Å²) < 4.78 is 5.26. The average Bonchev–Trinajstić information content (AvgIpc) is 2.47. The molecule has 5 heteroatoms. The fourth-order valence-electron chi connectivity index (χ4n) is 1.92. The van der Waals surface area contributed by atoms with E-state index in [1.54, 1.807) is 31.0 Å². The fraction of sp³-hybridized carbons (Fsp3) is 0.529. The van der Waals surface area contributed by atoms with Crippen molar-refractivity contribution in [3.63, 3.8) is 0 Å². The number of nitrogens with one attached hydrogen (secondary N) is 1. The van der Waals surface area contributed by atoms with Crippen LogP contribution >= 0.6 is 0 Å². The van der Waals surface area contributed by atoms with Gasteiger partial charge >= 0.3 is 0 Å². The van der Waals surface area contributed by atoms with E-state index in [1.165, 1.54) is 0 Å². The first-order valence-corrected chi connectivity index (χ1v) is 7.58. The Bertz CT molecular complexity index is 541. The van der Waals surface area contributed by atoms with Gasteiger partial charge in [0.2, 0.25) is 0 Å². The Morgan fingerprint density at radius 2 is 1.91 bits per heavy atom. The minimum atomic E-state index is -0.524. The monoisotopic (exact) mass is 306 g/mol. The molecule has 0 spiro atoms. The lowest BCUT2D eigenvalue weighted by molar-refractivity contribution is -0.126. The van der Waals surface area contributed by atoms with Crippen molar-refractivity contribution in [1.82, 2.24) is 4.90 Å². The lowest BCUT2D eigenvalue weighted by Crippen LogP contribution is -2.33. The van der Waals surface area contributed by atoms with Crippen molar-refractivity contribution in [2.45, 2.75) is 46.8 Å². The van der Waals surface area contributed by atoms with Crippen molar-refractivity contribution in [2.75, 3.05) is 19.0 Å². The van der Waals surface area contributed by atoms with Crippen LogP contribution in [0.4, 0.5) is 5.69 Å².